The largest absolute Gasteiger partial charge is 0.276 e. The molecule has 2 nitrogen and oxygen atoms in total. The van der Waals surface area contributed by atoms with Gasteiger partial charge in [0, 0.05) is 11.8 Å². The molecule has 0 aliphatic rings. The van der Waals surface area contributed by atoms with E-state index in [4.69, 9.17) is 23.2 Å². The van der Waals surface area contributed by atoms with Crippen molar-refractivity contribution in [1.82, 2.24) is 4.98 Å². The molecule has 1 rings (SSSR count). The molecule has 1 heterocycles. The van der Waals surface area contributed by atoms with Crippen molar-refractivity contribution >= 4 is 28.4 Å². The molecule has 0 bridgehead atoms. The van der Waals surface area contributed by atoms with Crippen molar-refractivity contribution in [2.24, 2.45) is 0 Å². The van der Waals surface area contributed by atoms with Crippen molar-refractivity contribution in [3.8, 4) is 0 Å². The average Bonchev–Trinajstić information content (AvgIpc) is 1.94. The van der Waals surface area contributed by atoms with Gasteiger partial charge in [-0.1, -0.05) is 11.6 Å². The van der Waals surface area contributed by atoms with E-state index in [9.17, 15) is 4.79 Å². The third-order valence-corrected chi connectivity index (χ3v) is 1.94. The molecule has 0 amide bonds. The monoisotopic (exact) mass is 189 g/mol. The molecule has 1 aromatic rings. The van der Waals surface area contributed by atoms with Crippen LogP contribution in [0.1, 0.15) is 15.9 Å². The number of aromatic nitrogens is 1. The molecule has 1 aromatic heterocycles. The quantitative estimate of drug-likeness (QED) is 0.502. The predicted octanol–water partition coefficient (Wildman–Crippen LogP) is 2.42. The van der Waals surface area contributed by atoms with Crippen molar-refractivity contribution in [3.63, 3.8) is 0 Å². The number of nitrogens with zero attached hydrogens (tertiary/aromatic N) is 1. The van der Waals surface area contributed by atoms with Gasteiger partial charge in [-0.25, -0.2) is 4.98 Å². The standard InChI is InChI=1S/C7H5Cl2NO/c1-4-5(7(9)11)2-3-10-6(4)8/h2-3H,1H3. The van der Waals surface area contributed by atoms with Gasteiger partial charge in [0.2, 0.25) is 0 Å². The minimum absolute atomic E-state index is 0.316. The lowest BCUT2D eigenvalue weighted by Gasteiger charge is -1.99. The van der Waals surface area contributed by atoms with Crippen LogP contribution >= 0.6 is 23.2 Å². The second-order valence-electron chi connectivity index (χ2n) is 2.05. The number of pyridine rings is 1. The van der Waals surface area contributed by atoms with E-state index in [0.29, 0.717) is 16.3 Å². The molecule has 0 saturated carbocycles. The first-order valence-corrected chi connectivity index (χ1v) is 3.69. The smallest absolute Gasteiger partial charge is 0.252 e. The maximum atomic E-state index is 10.7. The van der Waals surface area contributed by atoms with Gasteiger partial charge < -0.3 is 0 Å². The number of carbonyl (C=O) groups is 1. The predicted molar refractivity (Wildman–Crippen MR) is 44.2 cm³/mol. The molecule has 0 aliphatic heterocycles. The zero-order valence-corrected chi connectivity index (χ0v) is 7.28. The molecule has 0 unspecified atom stereocenters. The summed E-state index contributed by atoms with van der Waals surface area (Å²) in [6.45, 7) is 1.70. The number of halogens is 2. The summed E-state index contributed by atoms with van der Waals surface area (Å²) in [7, 11) is 0. The summed E-state index contributed by atoms with van der Waals surface area (Å²) >= 11 is 10.9. The van der Waals surface area contributed by atoms with E-state index in [1.165, 1.54) is 12.3 Å². The first-order chi connectivity index (χ1) is 5.13. The molecular formula is C7H5Cl2NO. The lowest BCUT2D eigenvalue weighted by atomic mass is 10.2. The van der Waals surface area contributed by atoms with Crippen LogP contribution < -0.4 is 0 Å². The Bertz CT molecular complexity index is 298. The fraction of sp³-hybridized carbons (Fsp3) is 0.143. The van der Waals surface area contributed by atoms with Crippen molar-refractivity contribution < 1.29 is 4.79 Å². The summed E-state index contributed by atoms with van der Waals surface area (Å²) in [5.41, 5.74) is 1.03. The Morgan fingerprint density at radius 2 is 2.27 bits per heavy atom. The molecule has 0 atom stereocenters. The molecular weight excluding hydrogens is 185 g/mol. The van der Waals surface area contributed by atoms with Gasteiger partial charge in [0.15, 0.2) is 0 Å². The third kappa shape index (κ3) is 1.70. The molecule has 11 heavy (non-hydrogen) atoms. The van der Waals surface area contributed by atoms with Gasteiger partial charge in [-0.05, 0) is 30.2 Å². The fourth-order valence-electron chi connectivity index (χ4n) is 0.723. The second kappa shape index (κ2) is 3.20. The lowest BCUT2D eigenvalue weighted by Crippen LogP contribution is -1.94. The summed E-state index contributed by atoms with van der Waals surface area (Å²) in [6, 6.07) is 1.54. The van der Waals surface area contributed by atoms with Crippen LogP contribution in [0.4, 0.5) is 0 Å². The molecule has 58 valence electrons. The molecule has 0 aromatic carbocycles. The number of carbonyl (C=O) groups excluding carboxylic acids is 1. The van der Waals surface area contributed by atoms with Gasteiger partial charge in [0.1, 0.15) is 5.15 Å². The van der Waals surface area contributed by atoms with Crippen molar-refractivity contribution in [3.05, 3.63) is 28.5 Å². The number of hydrogen-bond donors (Lipinski definition) is 0. The summed E-state index contributed by atoms with van der Waals surface area (Å²) in [6.07, 6.45) is 1.45. The maximum Gasteiger partial charge on any atom is 0.252 e. The first kappa shape index (κ1) is 8.50. The van der Waals surface area contributed by atoms with Gasteiger partial charge in [-0.2, -0.15) is 0 Å². The van der Waals surface area contributed by atoms with Gasteiger partial charge in [0.05, 0.1) is 0 Å². The van der Waals surface area contributed by atoms with Crippen LogP contribution in [-0.2, 0) is 0 Å². The Labute approximate surface area is 74.1 Å². The zero-order chi connectivity index (χ0) is 8.43. The summed E-state index contributed by atoms with van der Waals surface area (Å²) < 4.78 is 0. The molecule has 0 spiro atoms. The van der Waals surface area contributed by atoms with Crippen LogP contribution in [0.25, 0.3) is 0 Å². The van der Waals surface area contributed by atoms with Crippen molar-refractivity contribution in [2.45, 2.75) is 6.92 Å². The normalized spacial score (nSPS) is 9.73. The topological polar surface area (TPSA) is 30.0 Å². The Balaban J connectivity index is 3.27. The Hall–Kier alpha value is -0.600. The Kier molecular flexibility index (Phi) is 2.47. The first-order valence-electron chi connectivity index (χ1n) is 2.94. The SMILES string of the molecule is Cc1c(C(=O)Cl)ccnc1Cl. The van der Waals surface area contributed by atoms with Crippen LogP contribution in [0, 0.1) is 6.92 Å². The fourth-order valence-corrected chi connectivity index (χ4v) is 1.09. The van der Waals surface area contributed by atoms with Crippen LogP contribution in [0.5, 0.6) is 0 Å². The van der Waals surface area contributed by atoms with Crippen molar-refractivity contribution in [2.75, 3.05) is 0 Å². The highest BCUT2D eigenvalue weighted by Crippen LogP contribution is 2.16. The summed E-state index contributed by atoms with van der Waals surface area (Å²) in [5.74, 6) is 0. The van der Waals surface area contributed by atoms with Crippen LogP contribution in [-0.4, -0.2) is 10.2 Å². The van der Waals surface area contributed by atoms with E-state index in [2.05, 4.69) is 4.98 Å². The van der Waals surface area contributed by atoms with Crippen LogP contribution in [0.3, 0.4) is 0 Å². The zero-order valence-electron chi connectivity index (χ0n) is 5.77. The van der Waals surface area contributed by atoms with Gasteiger partial charge in [-0.15, -0.1) is 0 Å². The average molecular weight is 190 g/mol. The maximum absolute atomic E-state index is 10.7. The molecule has 0 radical (unpaired) electrons. The minimum Gasteiger partial charge on any atom is -0.276 e. The molecule has 4 heteroatoms. The van der Waals surface area contributed by atoms with E-state index >= 15 is 0 Å². The summed E-state index contributed by atoms with van der Waals surface area (Å²) in [4.78, 5) is 14.5. The van der Waals surface area contributed by atoms with E-state index < -0.39 is 5.24 Å². The van der Waals surface area contributed by atoms with Crippen molar-refractivity contribution in [1.29, 1.82) is 0 Å². The van der Waals surface area contributed by atoms with Gasteiger partial charge in [-0.3, -0.25) is 4.79 Å². The van der Waals surface area contributed by atoms with Gasteiger partial charge in [0.25, 0.3) is 5.24 Å². The Morgan fingerprint density at radius 3 is 2.73 bits per heavy atom. The van der Waals surface area contributed by atoms with E-state index in [0.717, 1.165) is 0 Å². The third-order valence-electron chi connectivity index (χ3n) is 1.35. The lowest BCUT2D eigenvalue weighted by molar-refractivity contribution is 0.108. The highest BCUT2D eigenvalue weighted by Gasteiger charge is 2.07. The molecule has 0 aliphatic carbocycles. The van der Waals surface area contributed by atoms with E-state index in [1.807, 2.05) is 0 Å². The minimum atomic E-state index is -0.508. The number of rotatable bonds is 1. The molecule has 0 N–H and O–H groups in total. The summed E-state index contributed by atoms with van der Waals surface area (Å²) in [5, 5.41) is -0.191. The second-order valence-corrected chi connectivity index (χ2v) is 2.75. The van der Waals surface area contributed by atoms with Crippen LogP contribution in [0.2, 0.25) is 5.15 Å². The highest BCUT2D eigenvalue weighted by atomic mass is 35.5. The van der Waals surface area contributed by atoms with E-state index in [-0.39, 0.29) is 0 Å². The number of hydrogen-bond acceptors (Lipinski definition) is 2. The van der Waals surface area contributed by atoms with E-state index in [1.54, 1.807) is 6.92 Å². The molecule has 0 saturated heterocycles. The molecule has 0 fully saturated rings. The van der Waals surface area contributed by atoms with Crippen LogP contribution in [0.15, 0.2) is 12.3 Å². The highest BCUT2D eigenvalue weighted by molar-refractivity contribution is 6.68. The van der Waals surface area contributed by atoms with Gasteiger partial charge >= 0.3 is 0 Å². The Morgan fingerprint density at radius 1 is 1.64 bits per heavy atom.